The lowest BCUT2D eigenvalue weighted by molar-refractivity contribution is -0.134. The number of aromatic nitrogens is 2. The topological polar surface area (TPSA) is 76.1 Å². The maximum absolute atomic E-state index is 11.9. The monoisotopic (exact) mass is 340 g/mol. The number of hydrogen-bond acceptors (Lipinski definition) is 6. The van der Waals surface area contributed by atoms with Crippen LogP contribution in [0.15, 0.2) is 30.3 Å². The Kier molecular flexibility index (Phi) is 6.26. The molecule has 1 amide bonds. The molecule has 8 heteroatoms. The summed E-state index contributed by atoms with van der Waals surface area (Å²) in [7, 11) is 0. The predicted molar refractivity (Wildman–Crippen MR) is 87.0 cm³/mol. The van der Waals surface area contributed by atoms with Crippen molar-refractivity contribution in [1.29, 1.82) is 0 Å². The first-order chi connectivity index (χ1) is 10.3. The number of amides is 1. The van der Waals surface area contributed by atoms with Crippen LogP contribution in [0.5, 0.6) is 0 Å². The van der Waals surface area contributed by atoms with Gasteiger partial charge in [0, 0.05) is 18.7 Å². The van der Waals surface area contributed by atoms with E-state index in [0.717, 1.165) is 22.1 Å². The Labute approximate surface area is 138 Å². The summed E-state index contributed by atoms with van der Waals surface area (Å²) in [5.74, 6) is -0.112. The quantitative estimate of drug-likeness (QED) is 0.875. The van der Waals surface area contributed by atoms with Gasteiger partial charge in [0.1, 0.15) is 16.1 Å². The van der Waals surface area contributed by atoms with Crippen molar-refractivity contribution in [3.05, 3.63) is 35.3 Å². The highest BCUT2D eigenvalue weighted by Crippen LogP contribution is 2.22. The Hall–Kier alpha value is -1.54. The lowest BCUT2D eigenvalue weighted by Gasteiger charge is -2.22. The molecule has 1 atom stereocenters. The van der Waals surface area contributed by atoms with Gasteiger partial charge in [0.15, 0.2) is 0 Å². The molecule has 2 heterocycles. The Bertz CT molecular complexity index is 602. The van der Waals surface area contributed by atoms with E-state index in [1.165, 1.54) is 11.3 Å². The second-order valence-electron chi connectivity index (χ2n) is 4.65. The minimum atomic E-state index is -0.416. The van der Waals surface area contributed by atoms with Gasteiger partial charge in [-0.1, -0.05) is 41.7 Å². The average Bonchev–Trinajstić information content (AvgIpc) is 3.03. The molecule has 0 bridgehead atoms. The van der Waals surface area contributed by atoms with Crippen LogP contribution in [0, 0.1) is 0 Å². The summed E-state index contributed by atoms with van der Waals surface area (Å²) in [5, 5.41) is 15.9. The van der Waals surface area contributed by atoms with Crippen molar-refractivity contribution in [2.45, 2.75) is 12.6 Å². The molecular weight excluding hydrogens is 324 g/mol. The highest BCUT2D eigenvalue weighted by atomic mass is 35.5. The van der Waals surface area contributed by atoms with Gasteiger partial charge in [-0.15, -0.1) is 22.6 Å². The molecule has 1 saturated heterocycles. The molecule has 1 aromatic heterocycles. The maximum atomic E-state index is 11.9. The summed E-state index contributed by atoms with van der Waals surface area (Å²) in [4.78, 5) is 11.9. The average molecular weight is 341 g/mol. The minimum absolute atomic E-state index is 0. The second-order valence-corrected chi connectivity index (χ2v) is 5.71. The molecule has 0 saturated carbocycles. The number of rotatable bonds is 4. The largest absolute Gasteiger partial charge is 0.366 e. The lowest BCUT2D eigenvalue weighted by atomic mass is 10.2. The molecule has 0 spiro atoms. The molecule has 2 N–H and O–H groups in total. The zero-order valence-corrected chi connectivity index (χ0v) is 13.5. The number of benzene rings is 1. The van der Waals surface area contributed by atoms with Crippen LogP contribution in [-0.4, -0.2) is 41.9 Å². The van der Waals surface area contributed by atoms with E-state index < -0.39 is 6.10 Å². The van der Waals surface area contributed by atoms with Gasteiger partial charge >= 0.3 is 0 Å². The van der Waals surface area contributed by atoms with E-state index in [2.05, 4.69) is 20.8 Å². The van der Waals surface area contributed by atoms with E-state index >= 15 is 0 Å². The molecule has 1 aliphatic heterocycles. The SMILES string of the molecule is Cl.O=C(NCc1nnc(-c2ccccc2)s1)C1CNCCO1. The van der Waals surface area contributed by atoms with Gasteiger partial charge in [-0.2, -0.15) is 0 Å². The van der Waals surface area contributed by atoms with Crippen molar-refractivity contribution in [2.24, 2.45) is 0 Å². The van der Waals surface area contributed by atoms with E-state index in [9.17, 15) is 4.79 Å². The number of ether oxygens (including phenoxy) is 1. The van der Waals surface area contributed by atoms with Crippen LogP contribution in [-0.2, 0) is 16.1 Å². The number of morpholine rings is 1. The highest BCUT2D eigenvalue weighted by Gasteiger charge is 2.21. The molecule has 22 heavy (non-hydrogen) atoms. The van der Waals surface area contributed by atoms with Gasteiger partial charge in [-0.25, -0.2) is 0 Å². The summed E-state index contributed by atoms with van der Waals surface area (Å²) in [6.45, 7) is 2.29. The summed E-state index contributed by atoms with van der Waals surface area (Å²) >= 11 is 1.48. The molecule has 1 unspecified atom stereocenters. The summed E-state index contributed by atoms with van der Waals surface area (Å²) in [6.07, 6.45) is -0.416. The van der Waals surface area contributed by atoms with Gasteiger partial charge in [0.05, 0.1) is 13.2 Å². The summed E-state index contributed by atoms with van der Waals surface area (Å²) in [6, 6.07) is 9.87. The molecule has 2 aromatic rings. The van der Waals surface area contributed by atoms with Crippen LogP contribution >= 0.6 is 23.7 Å². The predicted octanol–water partition coefficient (Wildman–Crippen LogP) is 1.23. The third-order valence-corrected chi connectivity index (χ3v) is 4.09. The van der Waals surface area contributed by atoms with E-state index in [1.54, 1.807) is 0 Å². The number of nitrogens with zero attached hydrogens (tertiary/aromatic N) is 2. The number of carbonyl (C=O) groups is 1. The highest BCUT2D eigenvalue weighted by molar-refractivity contribution is 7.14. The zero-order chi connectivity index (χ0) is 14.5. The van der Waals surface area contributed by atoms with Gasteiger partial charge < -0.3 is 15.4 Å². The van der Waals surface area contributed by atoms with Crippen LogP contribution < -0.4 is 10.6 Å². The Morgan fingerprint density at radius 1 is 1.36 bits per heavy atom. The Morgan fingerprint density at radius 3 is 2.91 bits per heavy atom. The van der Waals surface area contributed by atoms with Crippen LogP contribution in [0.2, 0.25) is 0 Å². The zero-order valence-electron chi connectivity index (χ0n) is 11.8. The fourth-order valence-corrected chi connectivity index (χ4v) is 2.82. The first-order valence-electron chi connectivity index (χ1n) is 6.81. The molecule has 1 aliphatic rings. The number of halogens is 1. The molecule has 1 aromatic carbocycles. The summed E-state index contributed by atoms with van der Waals surface area (Å²) < 4.78 is 5.40. The second kappa shape index (κ2) is 8.19. The Balaban J connectivity index is 0.00000176. The first kappa shape index (κ1) is 16.8. The van der Waals surface area contributed by atoms with Gasteiger partial charge in [0.2, 0.25) is 0 Å². The first-order valence-corrected chi connectivity index (χ1v) is 7.62. The number of hydrogen-bond donors (Lipinski definition) is 2. The van der Waals surface area contributed by atoms with Crippen molar-refractivity contribution >= 4 is 29.7 Å². The number of carbonyl (C=O) groups excluding carboxylic acids is 1. The van der Waals surface area contributed by atoms with E-state index in [-0.39, 0.29) is 18.3 Å². The normalized spacial score (nSPS) is 17.5. The van der Waals surface area contributed by atoms with Crippen molar-refractivity contribution in [2.75, 3.05) is 19.7 Å². The van der Waals surface area contributed by atoms with Crippen LogP contribution in [0.4, 0.5) is 0 Å². The fourth-order valence-electron chi connectivity index (χ4n) is 2.03. The van der Waals surface area contributed by atoms with Crippen LogP contribution in [0.1, 0.15) is 5.01 Å². The number of nitrogens with one attached hydrogen (secondary N) is 2. The van der Waals surface area contributed by atoms with Crippen molar-refractivity contribution in [1.82, 2.24) is 20.8 Å². The maximum Gasteiger partial charge on any atom is 0.250 e. The Morgan fingerprint density at radius 2 is 2.18 bits per heavy atom. The third kappa shape index (κ3) is 4.23. The molecule has 0 aliphatic carbocycles. The van der Waals surface area contributed by atoms with Crippen molar-refractivity contribution < 1.29 is 9.53 Å². The van der Waals surface area contributed by atoms with Gasteiger partial charge in [-0.3, -0.25) is 4.79 Å². The molecule has 118 valence electrons. The van der Waals surface area contributed by atoms with E-state index in [4.69, 9.17) is 4.74 Å². The molecule has 6 nitrogen and oxygen atoms in total. The smallest absolute Gasteiger partial charge is 0.250 e. The minimum Gasteiger partial charge on any atom is -0.366 e. The third-order valence-electron chi connectivity index (χ3n) is 3.12. The fraction of sp³-hybridized carbons (Fsp3) is 0.357. The molecule has 3 rings (SSSR count). The molecule has 1 fully saturated rings. The van der Waals surface area contributed by atoms with Gasteiger partial charge in [0.25, 0.3) is 5.91 Å². The van der Waals surface area contributed by atoms with Crippen LogP contribution in [0.3, 0.4) is 0 Å². The molecular formula is C14H17ClN4O2S. The van der Waals surface area contributed by atoms with Crippen molar-refractivity contribution in [3.8, 4) is 10.6 Å². The van der Waals surface area contributed by atoms with E-state index in [0.29, 0.717) is 19.7 Å². The lowest BCUT2D eigenvalue weighted by Crippen LogP contribution is -2.47. The standard InChI is InChI=1S/C14H16N4O2S.ClH/c19-13(11-8-15-6-7-20-11)16-9-12-17-18-14(21-12)10-4-2-1-3-5-10;/h1-5,11,15H,6-9H2,(H,16,19);1H. The van der Waals surface area contributed by atoms with Crippen LogP contribution in [0.25, 0.3) is 10.6 Å². The van der Waals surface area contributed by atoms with E-state index in [1.807, 2.05) is 30.3 Å². The van der Waals surface area contributed by atoms with Gasteiger partial charge in [-0.05, 0) is 0 Å². The summed E-state index contributed by atoms with van der Waals surface area (Å²) in [5.41, 5.74) is 1.03. The molecule has 0 radical (unpaired) electrons. The van der Waals surface area contributed by atoms with Crippen molar-refractivity contribution in [3.63, 3.8) is 0 Å².